The van der Waals surface area contributed by atoms with Crippen LogP contribution in [-0.4, -0.2) is 22.6 Å². The number of aliphatic carboxylic acids is 1. The number of anilines is 1. The lowest BCUT2D eigenvalue weighted by atomic mass is 10.0. The number of nitrogens with two attached hydrogens (primary N) is 1. The predicted octanol–water partition coefficient (Wildman–Crippen LogP) is 5.10. The number of carbonyl (C=O) groups is 1. The van der Waals surface area contributed by atoms with Crippen LogP contribution in [0.25, 0.3) is 0 Å². The van der Waals surface area contributed by atoms with Crippen molar-refractivity contribution in [2.24, 2.45) is 0 Å². The topological polar surface area (TPSA) is 88.2 Å². The minimum absolute atomic E-state index is 0.0447. The number of hydrogen-bond donors (Lipinski definition) is 3. The summed E-state index contributed by atoms with van der Waals surface area (Å²) >= 11 is 0. The SMILES string of the molecule is CCCC(NCCc1cccc(CC(=O)O)c1)c1cccc(F)c1.Cc1cccnc1N. The van der Waals surface area contributed by atoms with Crippen molar-refractivity contribution in [1.82, 2.24) is 10.3 Å². The van der Waals surface area contributed by atoms with Crippen LogP contribution < -0.4 is 11.1 Å². The molecule has 0 amide bonds. The third-order valence-corrected chi connectivity index (χ3v) is 5.03. The average molecular weight is 438 g/mol. The van der Waals surface area contributed by atoms with Gasteiger partial charge in [-0.15, -0.1) is 0 Å². The second-order valence-electron chi connectivity index (χ2n) is 7.70. The highest BCUT2D eigenvalue weighted by atomic mass is 19.1. The Kier molecular flexibility index (Phi) is 10.3. The molecule has 170 valence electrons. The van der Waals surface area contributed by atoms with Gasteiger partial charge in [-0.3, -0.25) is 4.79 Å². The highest BCUT2D eigenvalue weighted by molar-refractivity contribution is 5.70. The summed E-state index contributed by atoms with van der Waals surface area (Å²) < 4.78 is 13.4. The molecule has 4 N–H and O–H groups in total. The Morgan fingerprint density at radius 2 is 1.88 bits per heavy atom. The maximum Gasteiger partial charge on any atom is 0.307 e. The first kappa shape index (κ1) is 25.0. The molecule has 0 spiro atoms. The van der Waals surface area contributed by atoms with Gasteiger partial charge in [-0.05, 0) is 66.8 Å². The van der Waals surface area contributed by atoms with Crippen LogP contribution in [0, 0.1) is 12.7 Å². The van der Waals surface area contributed by atoms with E-state index in [0.29, 0.717) is 5.82 Å². The van der Waals surface area contributed by atoms with Crippen molar-refractivity contribution >= 4 is 11.8 Å². The molecule has 0 aliphatic carbocycles. The molecule has 1 heterocycles. The van der Waals surface area contributed by atoms with E-state index >= 15 is 0 Å². The summed E-state index contributed by atoms with van der Waals surface area (Å²) in [4.78, 5) is 14.7. The number of hydrogen-bond acceptors (Lipinski definition) is 4. The van der Waals surface area contributed by atoms with Crippen molar-refractivity contribution in [2.75, 3.05) is 12.3 Å². The van der Waals surface area contributed by atoms with E-state index in [1.54, 1.807) is 18.3 Å². The van der Waals surface area contributed by atoms with Crippen LogP contribution >= 0.6 is 0 Å². The van der Waals surface area contributed by atoms with Gasteiger partial charge in [0, 0.05) is 12.2 Å². The van der Waals surface area contributed by atoms with E-state index in [1.165, 1.54) is 6.07 Å². The number of rotatable bonds is 9. The molecule has 0 fully saturated rings. The van der Waals surface area contributed by atoms with Gasteiger partial charge >= 0.3 is 5.97 Å². The number of pyridine rings is 1. The summed E-state index contributed by atoms with van der Waals surface area (Å²) in [6.07, 6.45) is 4.50. The quantitative estimate of drug-likeness (QED) is 0.433. The van der Waals surface area contributed by atoms with Crippen LogP contribution in [0.2, 0.25) is 0 Å². The number of halogens is 1. The summed E-state index contributed by atoms with van der Waals surface area (Å²) in [5, 5.41) is 12.4. The van der Waals surface area contributed by atoms with Gasteiger partial charge in [-0.2, -0.15) is 0 Å². The minimum atomic E-state index is -0.820. The molecule has 1 atom stereocenters. The highest BCUT2D eigenvalue weighted by Crippen LogP contribution is 2.19. The number of benzene rings is 2. The van der Waals surface area contributed by atoms with Crippen molar-refractivity contribution in [1.29, 1.82) is 0 Å². The Hall–Kier alpha value is -3.25. The fraction of sp³-hybridized carbons (Fsp3) is 0.308. The Bertz CT molecular complexity index is 973. The zero-order valence-corrected chi connectivity index (χ0v) is 18.7. The molecule has 5 nitrogen and oxygen atoms in total. The third kappa shape index (κ3) is 8.86. The van der Waals surface area contributed by atoms with Crippen molar-refractivity contribution < 1.29 is 14.3 Å². The Balaban J connectivity index is 0.000000380. The van der Waals surface area contributed by atoms with Crippen LogP contribution in [0.5, 0.6) is 0 Å². The van der Waals surface area contributed by atoms with Crippen molar-refractivity contribution in [3.63, 3.8) is 0 Å². The lowest BCUT2D eigenvalue weighted by molar-refractivity contribution is -0.136. The summed E-state index contributed by atoms with van der Waals surface area (Å²) in [6, 6.07) is 18.3. The smallest absolute Gasteiger partial charge is 0.307 e. The van der Waals surface area contributed by atoms with Gasteiger partial charge < -0.3 is 16.2 Å². The second kappa shape index (κ2) is 13.2. The van der Waals surface area contributed by atoms with Crippen LogP contribution in [0.1, 0.15) is 48.1 Å². The van der Waals surface area contributed by atoms with Crippen LogP contribution in [0.3, 0.4) is 0 Å². The van der Waals surface area contributed by atoms with Gasteiger partial charge in [0.05, 0.1) is 6.42 Å². The van der Waals surface area contributed by atoms with Crippen LogP contribution in [0.15, 0.2) is 66.9 Å². The van der Waals surface area contributed by atoms with Crippen LogP contribution in [-0.2, 0) is 17.6 Å². The maximum absolute atomic E-state index is 13.4. The number of nitrogens with one attached hydrogen (secondary N) is 1. The fourth-order valence-electron chi connectivity index (χ4n) is 3.36. The van der Waals surface area contributed by atoms with Gasteiger partial charge in [0.25, 0.3) is 0 Å². The molecule has 1 unspecified atom stereocenters. The van der Waals surface area contributed by atoms with E-state index in [2.05, 4.69) is 17.2 Å². The predicted molar refractivity (Wildman–Crippen MR) is 127 cm³/mol. The minimum Gasteiger partial charge on any atom is -0.481 e. The molecule has 0 bridgehead atoms. The summed E-state index contributed by atoms with van der Waals surface area (Å²) in [5.41, 5.74) is 9.33. The number of nitrogens with zero attached hydrogens (tertiary/aromatic N) is 1. The first-order chi connectivity index (χ1) is 15.4. The van der Waals surface area contributed by atoms with E-state index in [-0.39, 0.29) is 18.3 Å². The zero-order chi connectivity index (χ0) is 23.3. The standard InChI is InChI=1S/C20H24FNO2.C6H8N2/c1-2-5-19(17-8-4-9-18(21)14-17)22-11-10-15-6-3-7-16(12-15)13-20(23)24;1-5-3-2-4-8-6(5)7/h3-4,6-9,12,14,19,22H,2,5,10-11,13H2,1H3,(H,23,24);2-4H,1H3,(H2,7,8). The van der Waals surface area contributed by atoms with Gasteiger partial charge in [-0.1, -0.05) is 55.8 Å². The molecular formula is C26H32FN3O2. The maximum atomic E-state index is 13.4. The van der Waals surface area contributed by atoms with Crippen molar-refractivity contribution in [2.45, 2.75) is 45.6 Å². The Labute approximate surface area is 189 Å². The molecular weight excluding hydrogens is 405 g/mol. The number of carboxylic acids is 1. The summed E-state index contributed by atoms with van der Waals surface area (Å²) in [5.74, 6) is -0.413. The van der Waals surface area contributed by atoms with E-state index < -0.39 is 5.97 Å². The molecule has 32 heavy (non-hydrogen) atoms. The van der Waals surface area contributed by atoms with E-state index in [9.17, 15) is 9.18 Å². The van der Waals surface area contributed by atoms with E-state index in [0.717, 1.165) is 48.1 Å². The Morgan fingerprint density at radius 3 is 2.50 bits per heavy atom. The van der Waals surface area contributed by atoms with Gasteiger partial charge in [0.2, 0.25) is 0 Å². The molecule has 3 rings (SSSR count). The molecule has 0 aliphatic heterocycles. The van der Waals surface area contributed by atoms with Gasteiger partial charge in [0.15, 0.2) is 0 Å². The average Bonchev–Trinajstić information content (AvgIpc) is 2.75. The van der Waals surface area contributed by atoms with Crippen LogP contribution in [0.4, 0.5) is 10.2 Å². The lowest BCUT2D eigenvalue weighted by Crippen LogP contribution is -2.23. The highest BCUT2D eigenvalue weighted by Gasteiger charge is 2.10. The molecule has 6 heteroatoms. The van der Waals surface area contributed by atoms with E-state index in [4.69, 9.17) is 10.8 Å². The molecule has 0 aliphatic rings. The molecule has 3 aromatic rings. The second-order valence-corrected chi connectivity index (χ2v) is 7.70. The number of aromatic nitrogens is 1. The normalized spacial score (nSPS) is 11.3. The van der Waals surface area contributed by atoms with Crippen molar-refractivity contribution in [3.8, 4) is 0 Å². The lowest BCUT2D eigenvalue weighted by Gasteiger charge is -2.19. The monoisotopic (exact) mass is 437 g/mol. The first-order valence-electron chi connectivity index (χ1n) is 10.8. The van der Waals surface area contributed by atoms with Gasteiger partial charge in [0.1, 0.15) is 11.6 Å². The van der Waals surface area contributed by atoms with Crippen molar-refractivity contribution in [3.05, 3.63) is 94.9 Å². The molecule has 0 saturated heterocycles. The Morgan fingerprint density at radius 1 is 1.12 bits per heavy atom. The van der Waals surface area contributed by atoms with Gasteiger partial charge in [-0.25, -0.2) is 9.37 Å². The molecule has 1 aromatic heterocycles. The van der Waals surface area contributed by atoms with E-state index in [1.807, 2.05) is 49.4 Å². The first-order valence-corrected chi connectivity index (χ1v) is 10.8. The summed E-state index contributed by atoms with van der Waals surface area (Å²) in [6.45, 7) is 4.81. The number of nitrogen functional groups attached to an aromatic ring is 1. The molecule has 0 saturated carbocycles. The third-order valence-electron chi connectivity index (χ3n) is 5.03. The molecule has 2 aromatic carbocycles. The number of carboxylic acid groups (broad SMARTS) is 1. The largest absolute Gasteiger partial charge is 0.481 e. The number of aryl methyl sites for hydroxylation is 1. The summed E-state index contributed by atoms with van der Waals surface area (Å²) in [7, 11) is 0. The zero-order valence-electron chi connectivity index (χ0n) is 18.7. The fourth-order valence-corrected chi connectivity index (χ4v) is 3.36. The molecule has 0 radical (unpaired) electrons.